The summed E-state index contributed by atoms with van der Waals surface area (Å²) in [5.74, 6) is 1.36. The number of aliphatic imine (C=N–C) groups is 1. The normalized spacial score (nSPS) is 24.5. The topological polar surface area (TPSA) is 87.6 Å². The van der Waals surface area contributed by atoms with Gasteiger partial charge in [-0.25, -0.2) is 8.42 Å². The van der Waals surface area contributed by atoms with Crippen LogP contribution in [0.3, 0.4) is 0 Å². The van der Waals surface area contributed by atoms with Crippen molar-refractivity contribution in [2.45, 2.75) is 49.6 Å². The highest BCUT2D eigenvalue weighted by Gasteiger charge is 2.42. The molecule has 1 aliphatic heterocycles. The van der Waals surface area contributed by atoms with Gasteiger partial charge in [0.15, 0.2) is 0 Å². The predicted octanol–water partition coefficient (Wildman–Crippen LogP) is 1.42. The Morgan fingerprint density at radius 1 is 1.21 bits per heavy atom. The van der Waals surface area contributed by atoms with Gasteiger partial charge in [0.25, 0.3) is 10.0 Å². The predicted molar refractivity (Wildman–Crippen MR) is 90.1 cm³/mol. The number of benzene rings is 1. The fourth-order valence-corrected chi connectivity index (χ4v) is 4.54. The molecule has 0 radical (unpaired) electrons. The van der Waals surface area contributed by atoms with Gasteiger partial charge in [0.05, 0.1) is 4.90 Å². The minimum atomic E-state index is -3.57. The molecule has 1 aromatic carbocycles. The van der Waals surface area contributed by atoms with E-state index in [0.717, 1.165) is 0 Å². The van der Waals surface area contributed by atoms with E-state index in [1.807, 2.05) is 0 Å². The second kappa shape index (κ2) is 5.58. The number of carbonyl (C=O) groups excluding carboxylic acids is 1. The van der Waals surface area contributed by atoms with Gasteiger partial charge in [0.1, 0.15) is 11.9 Å². The third-order valence-corrected chi connectivity index (χ3v) is 6.33. The summed E-state index contributed by atoms with van der Waals surface area (Å²) < 4.78 is 26.6. The van der Waals surface area contributed by atoms with Crippen molar-refractivity contribution in [2.75, 3.05) is 0 Å². The van der Waals surface area contributed by atoms with Gasteiger partial charge >= 0.3 is 0 Å². The SMILES string of the molecule is C[C@H](N=C1NS(=O)(=O)c2ccccc21)C(=O)NC(C1CC1)C1CC1. The van der Waals surface area contributed by atoms with E-state index >= 15 is 0 Å². The third-order valence-electron chi connectivity index (χ3n) is 4.93. The molecule has 0 saturated heterocycles. The van der Waals surface area contributed by atoms with Crippen LogP contribution in [-0.4, -0.2) is 32.2 Å². The van der Waals surface area contributed by atoms with Crippen LogP contribution in [0.2, 0.25) is 0 Å². The van der Waals surface area contributed by atoms with Gasteiger partial charge in [0.2, 0.25) is 5.91 Å². The number of amides is 1. The molecule has 4 rings (SSSR count). The maximum Gasteiger partial charge on any atom is 0.263 e. The van der Waals surface area contributed by atoms with E-state index in [9.17, 15) is 13.2 Å². The lowest BCUT2D eigenvalue weighted by atomic mass is 10.1. The van der Waals surface area contributed by atoms with Gasteiger partial charge in [0, 0.05) is 11.6 Å². The number of sulfonamides is 1. The van der Waals surface area contributed by atoms with Crippen molar-refractivity contribution < 1.29 is 13.2 Å². The molecule has 2 N–H and O–H groups in total. The second-order valence-electron chi connectivity index (χ2n) is 6.96. The highest BCUT2D eigenvalue weighted by Crippen LogP contribution is 2.44. The molecule has 24 heavy (non-hydrogen) atoms. The Morgan fingerprint density at radius 2 is 1.83 bits per heavy atom. The van der Waals surface area contributed by atoms with Crippen LogP contribution >= 0.6 is 0 Å². The molecule has 1 atom stereocenters. The molecule has 128 valence electrons. The smallest absolute Gasteiger partial charge is 0.263 e. The summed E-state index contributed by atoms with van der Waals surface area (Å²) in [6.45, 7) is 1.70. The molecule has 0 aromatic heterocycles. The summed E-state index contributed by atoms with van der Waals surface area (Å²) in [6, 6.07) is 6.32. The number of carbonyl (C=O) groups is 1. The van der Waals surface area contributed by atoms with Crippen LogP contribution in [0.4, 0.5) is 0 Å². The Labute approximate surface area is 141 Å². The molecular formula is C17H21N3O3S. The molecule has 1 aromatic rings. The standard InChI is InChI=1S/C17H21N3O3S/c1-10(17(21)19-15(11-6-7-11)12-8-9-12)18-16-13-4-2-3-5-14(13)24(22,23)20-16/h2-5,10-12,15H,6-9H2,1H3,(H,18,20)(H,19,21)/t10-/m0/s1. The van der Waals surface area contributed by atoms with Crippen LogP contribution < -0.4 is 10.0 Å². The number of nitrogens with one attached hydrogen (secondary N) is 2. The Bertz CT molecular complexity index is 798. The maximum absolute atomic E-state index is 12.5. The first-order chi connectivity index (χ1) is 11.5. The number of nitrogens with zero attached hydrogens (tertiary/aromatic N) is 1. The molecule has 0 spiro atoms. The molecule has 2 saturated carbocycles. The van der Waals surface area contributed by atoms with Crippen molar-refractivity contribution in [3.05, 3.63) is 29.8 Å². The second-order valence-corrected chi connectivity index (χ2v) is 8.62. The molecular weight excluding hydrogens is 326 g/mol. The Kier molecular flexibility index (Phi) is 3.63. The van der Waals surface area contributed by atoms with E-state index in [1.165, 1.54) is 25.7 Å². The van der Waals surface area contributed by atoms with Crippen molar-refractivity contribution in [3.63, 3.8) is 0 Å². The van der Waals surface area contributed by atoms with Crippen LogP contribution in [0.25, 0.3) is 0 Å². The zero-order valence-corrected chi connectivity index (χ0v) is 14.3. The van der Waals surface area contributed by atoms with Crippen LogP contribution in [0.1, 0.15) is 38.2 Å². The first-order valence-electron chi connectivity index (χ1n) is 8.46. The molecule has 0 unspecified atom stereocenters. The molecule has 2 aliphatic carbocycles. The monoisotopic (exact) mass is 347 g/mol. The van der Waals surface area contributed by atoms with Crippen LogP contribution in [0.5, 0.6) is 0 Å². The zero-order chi connectivity index (χ0) is 16.9. The highest BCUT2D eigenvalue weighted by molar-refractivity contribution is 7.90. The first-order valence-corrected chi connectivity index (χ1v) is 9.94. The summed E-state index contributed by atoms with van der Waals surface area (Å²) in [5.41, 5.74) is 0.526. The maximum atomic E-state index is 12.5. The zero-order valence-electron chi connectivity index (χ0n) is 13.5. The van der Waals surface area contributed by atoms with Crippen LogP contribution in [0, 0.1) is 11.8 Å². The number of amidine groups is 1. The molecule has 3 aliphatic rings. The first kappa shape index (κ1) is 15.6. The number of rotatable bonds is 5. The summed E-state index contributed by atoms with van der Waals surface area (Å²) >= 11 is 0. The minimum Gasteiger partial charge on any atom is -0.351 e. The fourth-order valence-electron chi connectivity index (χ4n) is 3.30. The van der Waals surface area contributed by atoms with Crippen molar-refractivity contribution in [1.82, 2.24) is 10.0 Å². The molecule has 2 fully saturated rings. The van der Waals surface area contributed by atoms with Crippen molar-refractivity contribution in [2.24, 2.45) is 16.8 Å². The lowest BCUT2D eigenvalue weighted by Crippen LogP contribution is -2.42. The summed E-state index contributed by atoms with van der Waals surface area (Å²) in [7, 11) is -3.57. The quantitative estimate of drug-likeness (QED) is 0.844. The fraction of sp³-hybridized carbons (Fsp3) is 0.529. The Hall–Kier alpha value is -1.89. The van der Waals surface area contributed by atoms with Crippen LogP contribution in [-0.2, 0) is 14.8 Å². The summed E-state index contributed by atoms with van der Waals surface area (Å²) in [5, 5.41) is 3.14. The van der Waals surface area contributed by atoms with E-state index < -0.39 is 16.1 Å². The van der Waals surface area contributed by atoms with E-state index in [-0.39, 0.29) is 22.7 Å². The molecule has 7 heteroatoms. The van der Waals surface area contributed by atoms with Gasteiger partial charge in [-0.1, -0.05) is 12.1 Å². The largest absolute Gasteiger partial charge is 0.351 e. The summed E-state index contributed by atoms with van der Waals surface area (Å²) in [4.78, 5) is 17.0. The molecule has 1 amide bonds. The average Bonchev–Trinajstić information content (AvgIpc) is 3.45. The Morgan fingerprint density at radius 3 is 2.46 bits per heavy atom. The number of hydrogen-bond donors (Lipinski definition) is 2. The minimum absolute atomic E-state index is 0.130. The van der Waals surface area contributed by atoms with Crippen LogP contribution in [0.15, 0.2) is 34.2 Å². The lowest BCUT2D eigenvalue weighted by molar-refractivity contribution is -0.122. The highest BCUT2D eigenvalue weighted by atomic mass is 32.2. The van der Waals surface area contributed by atoms with E-state index in [4.69, 9.17) is 0 Å². The van der Waals surface area contributed by atoms with Gasteiger partial charge in [-0.2, -0.15) is 0 Å². The molecule has 0 bridgehead atoms. The number of fused-ring (bicyclic) bond motifs is 1. The average molecular weight is 347 g/mol. The Balaban J connectivity index is 1.52. The van der Waals surface area contributed by atoms with Crippen molar-refractivity contribution in [1.29, 1.82) is 0 Å². The van der Waals surface area contributed by atoms with E-state index in [1.54, 1.807) is 31.2 Å². The lowest BCUT2D eigenvalue weighted by Gasteiger charge is -2.19. The molecule has 1 heterocycles. The summed E-state index contributed by atoms with van der Waals surface area (Å²) in [6.07, 6.45) is 4.77. The van der Waals surface area contributed by atoms with Crippen molar-refractivity contribution >= 4 is 21.8 Å². The van der Waals surface area contributed by atoms with Gasteiger partial charge < -0.3 is 5.32 Å². The third kappa shape index (κ3) is 2.92. The van der Waals surface area contributed by atoms with Gasteiger partial charge in [-0.3, -0.25) is 14.5 Å². The number of hydrogen-bond acceptors (Lipinski definition) is 4. The molecule has 6 nitrogen and oxygen atoms in total. The van der Waals surface area contributed by atoms with E-state index in [0.29, 0.717) is 17.4 Å². The van der Waals surface area contributed by atoms with Gasteiger partial charge in [-0.05, 0) is 56.6 Å². The van der Waals surface area contributed by atoms with Crippen molar-refractivity contribution in [3.8, 4) is 0 Å². The van der Waals surface area contributed by atoms with E-state index in [2.05, 4.69) is 15.0 Å². The van der Waals surface area contributed by atoms with Gasteiger partial charge in [-0.15, -0.1) is 0 Å².